The molecular weight excluding hydrogens is 622 g/mol. The van der Waals surface area contributed by atoms with Gasteiger partial charge in [-0.15, -0.1) is 0 Å². The highest BCUT2D eigenvalue weighted by Gasteiger charge is 2.29. The highest BCUT2D eigenvalue weighted by molar-refractivity contribution is 7.89. The summed E-state index contributed by atoms with van der Waals surface area (Å²) < 4.78 is 32.8. The van der Waals surface area contributed by atoms with E-state index in [0.29, 0.717) is 39.9 Å². The molecule has 0 saturated heterocycles. The van der Waals surface area contributed by atoms with Crippen LogP contribution in [-0.2, 0) is 29.2 Å². The number of thiazole rings is 1. The minimum Gasteiger partial charge on any atom is -0.481 e. The maximum absolute atomic E-state index is 13.7. The molecule has 1 fully saturated rings. The van der Waals surface area contributed by atoms with Gasteiger partial charge in [0.2, 0.25) is 15.9 Å². The third-order valence-electron chi connectivity index (χ3n) is 7.84. The number of fused-ring (bicyclic) bond motifs is 1. The molecule has 1 aliphatic carbocycles. The van der Waals surface area contributed by atoms with E-state index in [9.17, 15) is 22.8 Å². The van der Waals surface area contributed by atoms with Crippen molar-refractivity contribution in [3.8, 4) is 0 Å². The highest BCUT2D eigenvalue weighted by atomic mass is 32.2. The van der Waals surface area contributed by atoms with E-state index in [1.165, 1.54) is 31.4 Å². The number of hydrogen-bond acceptors (Lipinski definition) is 10. The number of anilines is 1. The summed E-state index contributed by atoms with van der Waals surface area (Å²) in [6.07, 6.45) is 4.51. The molecule has 1 aliphatic rings. The Morgan fingerprint density at radius 3 is 2.40 bits per heavy atom. The topological polar surface area (TPSA) is 168 Å². The fraction of sp³-hybridized carbons (Fsp3) is 0.500. The van der Waals surface area contributed by atoms with Crippen molar-refractivity contribution in [2.24, 2.45) is 5.92 Å². The summed E-state index contributed by atoms with van der Waals surface area (Å²) in [7, 11) is -1.14. The van der Waals surface area contributed by atoms with E-state index in [4.69, 9.17) is 14.7 Å². The molecule has 2 N–H and O–H groups in total. The van der Waals surface area contributed by atoms with Crippen LogP contribution in [0.1, 0.15) is 67.4 Å². The maximum Gasteiger partial charge on any atom is 0.304 e. The van der Waals surface area contributed by atoms with Gasteiger partial charge in [0.25, 0.3) is 5.91 Å². The van der Waals surface area contributed by atoms with Crippen molar-refractivity contribution in [2.45, 2.75) is 56.3 Å². The number of nitrogens with zero attached hydrogens (tertiary/aromatic N) is 4. The first-order chi connectivity index (χ1) is 21.6. The van der Waals surface area contributed by atoms with Gasteiger partial charge in [-0.3, -0.25) is 19.2 Å². The lowest BCUT2D eigenvalue weighted by atomic mass is 9.87. The number of pyridine rings is 1. The molecule has 1 atom stereocenters. The van der Waals surface area contributed by atoms with E-state index < -0.39 is 21.9 Å². The Hall–Kier alpha value is -3.50. The van der Waals surface area contributed by atoms with Crippen LogP contribution in [0.2, 0.25) is 0 Å². The molecule has 3 aromatic rings. The minimum atomic E-state index is -4.00. The van der Waals surface area contributed by atoms with E-state index in [0.717, 1.165) is 41.3 Å². The quantitative estimate of drug-likeness (QED) is 0.213. The number of nitrogens with one attached hydrogen (secondary N) is 1. The average Bonchev–Trinajstić information content (AvgIpc) is 3.69. The number of carbonyl (C=O) groups excluding carboxylic acids is 2. The number of aliphatic carboxylic acids is 1. The number of methoxy groups -OCH3 is 1. The number of rotatable bonds is 16. The first-order valence-corrected chi connectivity index (χ1v) is 17.1. The van der Waals surface area contributed by atoms with Crippen LogP contribution in [0.4, 0.5) is 5.13 Å². The number of carbonyl (C=O) groups is 3. The Kier molecular flexibility index (Phi) is 12.0. The Labute approximate surface area is 266 Å². The fourth-order valence-corrected chi connectivity index (χ4v) is 7.69. The number of hydroxylamine groups is 2. The first-order valence-electron chi connectivity index (χ1n) is 14.8. The van der Waals surface area contributed by atoms with Gasteiger partial charge >= 0.3 is 5.97 Å². The zero-order valence-electron chi connectivity index (χ0n) is 25.6. The van der Waals surface area contributed by atoms with Gasteiger partial charge in [0.05, 0.1) is 31.0 Å². The SMILES string of the molecule is CCN(OC)C(=O)c1ccc2nc(NC(=O)[C@@H](CC3CCCC3)c3ccc(S(=O)(=O)N(CCOC)CCC(=O)O)cc3)sc2n1. The molecular formula is C30H39N5O8S2. The zero-order valence-corrected chi connectivity index (χ0v) is 27.2. The second-order valence-corrected chi connectivity index (χ2v) is 13.7. The van der Waals surface area contributed by atoms with Gasteiger partial charge in [0.15, 0.2) is 5.13 Å². The number of aromatic nitrogens is 2. The van der Waals surface area contributed by atoms with Gasteiger partial charge in [-0.2, -0.15) is 4.31 Å². The zero-order chi connectivity index (χ0) is 32.6. The van der Waals surface area contributed by atoms with Crippen molar-refractivity contribution in [1.29, 1.82) is 0 Å². The fourth-order valence-electron chi connectivity index (χ4n) is 5.43. The van der Waals surface area contributed by atoms with E-state index >= 15 is 0 Å². The second-order valence-electron chi connectivity index (χ2n) is 10.8. The number of carboxylic acid groups (broad SMARTS) is 1. The average molecular weight is 662 g/mol. The summed E-state index contributed by atoms with van der Waals surface area (Å²) in [5, 5.41) is 13.5. The van der Waals surface area contributed by atoms with Crippen molar-refractivity contribution < 1.29 is 37.5 Å². The van der Waals surface area contributed by atoms with Crippen molar-refractivity contribution in [1.82, 2.24) is 19.3 Å². The minimum absolute atomic E-state index is 0.00507. The second kappa shape index (κ2) is 15.7. The molecule has 45 heavy (non-hydrogen) atoms. The molecule has 0 spiro atoms. The molecule has 2 amide bonds. The van der Waals surface area contributed by atoms with Crippen LogP contribution in [-0.4, -0.2) is 91.1 Å². The Bertz CT molecular complexity index is 1590. The molecule has 2 aromatic heterocycles. The van der Waals surface area contributed by atoms with Crippen LogP contribution < -0.4 is 5.32 Å². The molecule has 1 saturated carbocycles. The first kappa shape index (κ1) is 34.4. The summed E-state index contributed by atoms with van der Waals surface area (Å²) in [5.74, 6) is -1.95. The predicted octanol–water partition coefficient (Wildman–Crippen LogP) is 4.13. The van der Waals surface area contributed by atoms with Crippen molar-refractivity contribution >= 4 is 54.6 Å². The molecule has 15 heteroatoms. The van der Waals surface area contributed by atoms with Crippen molar-refractivity contribution in [3.05, 3.63) is 47.7 Å². The molecule has 0 aliphatic heterocycles. The molecule has 1 aromatic carbocycles. The van der Waals surface area contributed by atoms with E-state index in [2.05, 4.69) is 15.3 Å². The number of ether oxygens (including phenoxy) is 1. The van der Waals surface area contributed by atoms with Gasteiger partial charge in [0, 0.05) is 26.7 Å². The molecule has 4 rings (SSSR count). The Morgan fingerprint density at radius 1 is 1.07 bits per heavy atom. The summed E-state index contributed by atoms with van der Waals surface area (Å²) in [5.41, 5.74) is 1.40. The molecule has 2 heterocycles. The summed E-state index contributed by atoms with van der Waals surface area (Å²) in [6.45, 7) is 2.08. The lowest BCUT2D eigenvalue weighted by Gasteiger charge is -2.23. The molecule has 0 bridgehead atoms. The number of amides is 2. The predicted molar refractivity (Wildman–Crippen MR) is 168 cm³/mol. The molecule has 0 radical (unpaired) electrons. The van der Waals surface area contributed by atoms with Crippen LogP contribution in [0.5, 0.6) is 0 Å². The van der Waals surface area contributed by atoms with Crippen molar-refractivity contribution in [3.63, 3.8) is 0 Å². The highest BCUT2D eigenvalue weighted by Crippen LogP contribution is 2.36. The monoisotopic (exact) mass is 661 g/mol. The normalized spacial score (nSPS) is 14.6. The summed E-state index contributed by atoms with van der Waals surface area (Å²) in [4.78, 5) is 52.0. The number of benzene rings is 1. The number of sulfonamides is 1. The third-order valence-corrected chi connectivity index (χ3v) is 10.6. The summed E-state index contributed by atoms with van der Waals surface area (Å²) in [6, 6.07) is 9.44. The number of hydrogen-bond donors (Lipinski definition) is 2. The molecule has 244 valence electrons. The standard InChI is InChI=1S/C30H39N5O8S2/c1-4-35(43-3)29(39)25-14-13-24-28(31-25)44-30(32-24)33-27(38)23(19-20-7-5-6-8-20)21-9-11-22(12-10-21)45(40,41)34(17-18-42-2)16-15-26(36)37/h9-14,20,23H,4-8,15-19H2,1-3H3,(H,36,37)(H,32,33,38)/t23-/m0/s1. The van der Waals surface area contributed by atoms with Gasteiger partial charge in [-0.25, -0.2) is 23.4 Å². The smallest absolute Gasteiger partial charge is 0.304 e. The largest absolute Gasteiger partial charge is 0.481 e. The van der Waals surface area contributed by atoms with Crippen LogP contribution in [0.15, 0.2) is 41.3 Å². The van der Waals surface area contributed by atoms with Gasteiger partial charge in [-0.1, -0.05) is 49.2 Å². The lowest BCUT2D eigenvalue weighted by Crippen LogP contribution is -2.35. The third kappa shape index (κ3) is 8.61. The molecule has 0 unspecified atom stereocenters. The lowest BCUT2D eigenvalue weighted by molar-refractivity contribution is -0.137. The van der Waals surface area contributed by atoms with Crippen LogP contribution >= 0.6 is 11.3 Å². The Morgan fingerprint density at radius 2 is 1.78 bits per heavy atom. The summed E-state index contributed by atoms with van der Waals surface area (Å²) >= 11 is 1.16. The maximum atomic E-state index is 13.7. The van der Waals surface area contributed by atoms with Crippen LogP contribution in [0.3, 0.4) is 0 Å². The van der Waals surface area contributed by atoms with Gasteiger partial charge in [0.1, 0.15) is 16.0 Å². The van der Waals surface area contributed by atoms with E-state index in [-0.39, 0.29) is 48.5 Å². The van der Waals surface area contributed by atoms with Crippen LogP contribution in [0, 0.1) is 5.92 Å². The number of carboxylic acids is 1. The van der Waals surface area contributed by atoms with Crippen molar-refractivity contribution in [2.75, 3.05) is 45.8 Å². The molecule has 13 nitrogen and oxygen atoms in total. The van der Waals surface area contributed by atoms with Gasteiger partial charge in [-0.05, 0) is 49.1 Å². The van der Waals surface area contributed by atoms with Gasteiger partial charge < -0.3 is 15.2 Å². The van der Waals surface area contributed by atoms with E-state index in [1.807, 2.05) is 0 Å². The Balaban J connectivity index is 1.56. The van der Waals surface area contributed by atoms with Crippen LogP contribution in [0.25, 0.3) is 10.3 Å². The van der Waals surface area contributed by atoms with E-state index in [1.54, 1.807) is 31.2 Å².